The summed E-state index contributed by atoms with van der Waals surface area (Å²) in [6.07, 6.45) is 12.1. The van der Waals surface area contributed by atoms with E-state index in [1.54, 1.807) is 11.3 Å². The molecule has 2 aromatic rings. The molecule has 7 heteroatoms. The minimum Gasteiger partial charge on any atom is -0.351 e. The van der Waals surface area contributed by atoms with Gasteiger partial charge in [-0.25, -0.2) is 0 Å². The molecule has 180 valence electrons. The molecule has 6 nitrogen and oxygen atoms in total. The van der Waals surface area contributed by atoms with Crippen molar-refractivity contribution in [3.63, 3.8) is 0 Å². The second-order valence-corrected chi connectivity index (χ2v) is 11.5. The number of hydrogen-bond donors (Lipinski definition) is 1. The van der Waals surface area contributed by atoms with E-state index in [4.69, 9.17) is 0 Å². The molecule has 1 atom stereocenters. The standard InChI is InChI=1S/C26H38N4O2S/c1-26(25(32)27-19-9-5-3-6-10-19)18-29-21-13-16-33-23(21)17-22(29)24(31)30(26)15-14-28(2)20-11-7-4-8-12-20/h13,16-17,19-20H,3-12,14-15,18H2,1-2H3,(H,27,32)/t26-/m1/s1. The maximum atomic E-state index is 13.8. The molecule has 2 aromatic heterocycles. The molecular weight excluding hydrogens is 432 g/mol. The molecule has 3 aliphatic rings. The zero-order chi connectivity index (χ0) is 23.0. The second-order valence-electron chi connectivity index (χ2n) is 10.6. The lowest BCUT2D eigenvalue weighted by Gasteiger charge is -2.45. The average molecular weight is 471 g/mol. The van der Waals surface area contributed by atoms with Crippen LogP contribution in [0.1, 0.15) is 81.6 Å². The summed E-state index contributed by atoms with van der Waals surface area (Å²) in [7, 11) is 2.18. The van der Waals surface area contributed by atoms with Crippen LogP contribution in [-0.2, 0) is 11.3 Å². The highest BCUT2D eigenvalue weighted by atomic mass is 32.1. The van der Waals surface area contributed by atoms with Crippen LogP contribution in [-0.4, -0.2) is 63.9 Å². The van der Waals surface area contributed by atoms with Gasteiger partial charge in [0.1, 0.15) is 11.2 Å². The topological polar surface area (TPSA) is 57.6 Å². The van der Waals surface area contributed by atoms with Crippen molar-refractivity contribution < 1.29 is 9.59 Å². The molecule has 2 fully saturated rings. The maximum absolute atomic E-state index is 13.8. The fraction of sp³-hybridized carbons (Fsp3) is 0.692. The van der Waals surface area contributed by atoms with Gasteiger partial charge in [-0.05, 0) is 57.2 Å². The Bertz CT molecular complexity index is 1000. The Kier molecular flexibility index (Phi) is 6.54. The number of fused-ring (bicyclic) bond motifs is 3. The lowest BCUT2D eigenvalue weighted by atomic mass is 9.91. The first kappa shape index (κ1) is 22.9. The van der Waals surface area contributed by atoms with E-state index in [1.165, 1.54) is 51.4 Å². The molecule has 2 amide bonds. The van der Waals surface area contributed by atoms with E-state index in [0.717, 1.165) is 35.3 Å². The van der Waals surface area contributed by atoms with Crippen LogP contribution >= 0.6 is 11.3 Å². The summed E-state index contributed by atoms with van der Waals surface area (Å²) in [5, 5.41) is 5.40. The number of rotatable bonds is 6. The highest BCUT2D eigenvalue weighted by Gasteiger charge is 2.48. The zero-order valence-electron chi connectivity index (χ0n) is 20.1. The Morgan fingerprint density at radius 1 is 1.15 bits per heavy atom. The van der Waals surface area contributed by atoms with Crippen molar-refractivity contribution in [1.82, 2.24) is 19.7 Å². The van der Waals surface area contributed by atoms with Crippen LogP contribution in [0.3, 0.4) is 0 Å². The molecule has 0 bridgehead atoms. The van der Waals surface area contributed by atoms with E-state index >= 15 is 0 Å². The van der Waals surface area contributed by atoms with Crippen molar-refractivity contribution in [1.29, 1.82) is 0 Å². The second kappa shape index (κ2) is 9.41. The van der Waals surface area contributed by atoms with Gasteiger partial charge in [0.15, 0.2) is 0 Å². The van der Waals surface area contributed by atoms with Gasteiger partial charge in [0.2, 0.25) is 5.91 Å². The lowest BCUT2D eigenvalue weighted by Crippen LogP contribution is -2.65. The number of nitrogens with one attached hydrogen (secondary N) is 1. The van der Waals surface area contributed by atoms with E-state index in [2.05, 4.69) is 33.3 Å². The molecule has 1 aliphatic heterocycles. The number of carbonyl (C=O) groups excluding carboxylic acids is 2. The van der Waals surface area contributed by atoms with Gasteiger partial charge in [0.25, 0.3) is 5.91 Å². The highest BCUT2D eigenvalue weighted by Crippen LogP contribution is 2.35. The van der Waals surface area contributed by atoms with Gasteiger partial charge in [-0.1, -0.05) is 38.5 Å². The third-order valence-electron chi connectivity index (χ3n) is 8.35. The van der Waals surface area contributed by atoms with Gasteiger partial charge < -0.3 is 19.7 Å². The largest absolute Gasteiger partial charge is 0.351 e. The van der Waals surface area contributed by atoms with Crippen molar-refractivity contribution in [2.75, 3.05) is 20.1 Å². The first-order valence-electron chi connectivity index (χ1n) is 12.9. The monoisotopic (exact) mass is 470 g/mol. The average Bonchev–Trinajstić information content (AvgIpc) is 3.42. The SMILES string of the molecule is CN(CCN1C(=O)c2cc3sccc3n2C[C@]1(C)C(=O)NC1CCCCC1)C1CCCCC1. The molecule has 1 N–H and O–H groups in total. The summed E-state index contributed by atoms with van der Waals surface area (Å²) in [5.41, 5.74) is 0.905. The Morgan fingerprint density at radius 3 is 2.58 bits per heavy atom. The van der Waals surface area contributed by atoms with Crippen LogP contribution in [0.5, 0.6) is 0 Å². The third kappa shape index (κ3) is 4.34. The summed E-state index contributed by atoms with van der Waals surface area (Å²) in [6, 6.07) is 4.91. The number of carbonyl (C=O) groups is 2. The molecule has 0 radical (unpaired) electrons. The van der Waals surface area contributed by atoms with Crippen LogP contribution < -0.4 is 5.32 Å². The quantitative estimate of drug-likeness (QED) is 0.670. The molecule has 33 heavy (non-hydrogen) atoms. The summed E-state index contributed by atoms with van der Waals surface area (Å²) < 4.78 is 3.20. The molecule has 0 unspecified atom stereocenters. The summed E-state index contributed by atoms with van der Waals surface area (Å²) >= 11 is 1.66. The normalized spacial score (nSPS) is 25.1. The third-order valence-corrected chi connectivity index (χ3v) is 9.21. The Balaban J connectivity index is 1.40. The van der Waals surface area contributed by atoms with Crippen LogP contribution in [0.2, 0.25) is 0 Å². The summed E-state index contributed by atoms with van der Waals surface area (Å²) in [5.74, 6) is -0.00575. The predicted octanol–water partition coefficient (Wildman–Crippen LogP) is 4.63. The Morgan fingerprint density at radius 2 is 1.85 bits per heavy atom. The van der Waals surface area contributed by atoms with Gasteiger partial charge in [-0.3, -0.25) is 9.59 Å². The lowest BCUT2D eigenvalue weighted by molar-refractivity contribution is -0.134. The number of likely N-dealkylation sites (N-methyl/N-ethyl adjacent to an activating group) is 1. The maximum Gasteiger partial charge on any atom is 0.271 e. The number of thiophene rings is 1. The first-order chi connectivity index (χ1) is 16.0. The van der Waals surface area contributed by atoms with Crippen LogP contribution in [0.25, 0.3) is 10.2 Å². The van der Waals surface area contributed by atoms with Crippen molar-refractivity contribution in [3.8, 4) is 0 Å². The highest BCUT2D eigenvalue weighted by molar-refractivity contribution is 7.17. The van der Waals surface area contributed by atoms with Gasteiger partial charge in [-0.15, -0.1) is 11.3 Å². The van der Waals surface area contributed by atoms with E-state index in [0.29, 0.717) is 19.1 Å². The van der Waals surface area contributed by atoms with Gasteiger partial charge in [-0.2, -0.15) is 0 Å². The van der Waals surface area contributed by atoms with E-state index < -0.39 is 5.54 Å². The number of hydrogen-bond acceptors (Lipinski definition) is 4. The molecule has 0 spiro atoms. The van der Waals surface area contributed by atoms with Crippen LogP contribution in [0.4, 0.5) is 0 Å². The van der Waals surface area contributed by atoms with Gasteiger partial charge in [0, 0.05) is 25.2 Å². The molecular formula is C26H38N4O2S. The van der Waals surface area contributed by atoms with Crippen molar-refractivity contribution in [2.45, 2.75) is 95.3 Å². The molecule has 3 heterocycles. The predicted molar refractivity (Wildman–Crippen MR) is 134 cm³/mol. The fourth-order valence-corrected chi connectivity index (χ4v) is 7.00. The van der Waals surface area contributed by atoms with Crippen molar-refractivity contribution >= 4 is 33.4 Å². The smallest absolute Gasteiger partial charge is 0.271 e. The van der Waals surface area contributed by atoms with Gasteiger partial charge in [0.05, 0.1) is 16.8 Å². The van der Waals surface area contributed by atoms with Crippen LogP contribution in [0, 0.1) is 0 Å². The molecule has 2 saturated carbocycles. The van der Waals surface area contributed by atoms with E-state index in [1.807, 2.05) is 17.9 Å². The minimum absolute atomic E-state index is 0.00537. The van der Waals surface area contributed by atoms with Gasteiger partial charge >= 0.3 is 0 Å². The van der Waals surface area contributed by atoms with E-state index in [-0.39, 0.29) is 17.9 Å². The van der Waals surface area contributed by atoms with Crippen molar-refractivity contribution in [2.24, 2.45) is 0 Å². The van der Waals surface area contributed by atoms with Crippen LogP contribution in [0.15, 0.2) is 17.5 Å². The molecule has 0 aromatic carbocycles. The zero-order valence-corrected chi connectivity index (χ0v) is 21.0. The Labute approximate surface area is 201 Å². The first-order valence-corrected chi connectivity index (χ1v) is 13.8. The fourth-order valence-electron chi connectivity index (χ4n) is 6.17. The molecule has 0 saturated heterocycles. The Hall–Kier alpha value is -1.86. The number of nitrogens with zero attached hydrogens (tertiary/aromatic N) is 3. The minimum atomic E-state index is -0.886. The summed E-state index contributed by atoms with van der Waals surface area (Å²) in [4.78, 5) is 31.9. The number of aromatic nitrogens is 1. The van der Waals surface area contributed by atoms with Crippen molar-refractivity contribution in [3.05, 3.63) is 23.2 Å². The number of amides is 2. The molecule has 5 rings (SSSR count). The summed E-state index contributed by atoms with van der Waals surface area (Å²) in [6.45, 7) is 3.88. The molecule has 2 aliphatic carbocycles. The van der Waals surface area contributed by atoms with E-state index in [9.17, 15) is 9.59 Å².